The van der Waals surface area contributed by atoms with Crippen LogP contribution in [0.25, 0.3) is 0 Å². The molecule has 15 heavy (non-hydrogen) atoms. The molecule has 0 bridgehead atoms. The Labute approximate surface area is 103 Å². The smallest absolute Gasteiger partial charge is 0.327 e. The summed E-state index contributed by atoms with van der Waals surface area (Å²) < 4.78 is 4.47. The molecule has 0 fully saturated rings. The van der Waals surface area contributed by atoms with Gasteiger partial charge in [-0.05, 0) is 6.07 Å². The van der Waals surface area contributed by atoms with Crippen LogP contribution in [-0.2, 0) is 9.53 Å². The average molecular weight is 272 g/mol. The van der Waals surface area contributed by atoms with Gasteiger partial charge in [-0.3, -0.25) is 4.79 Å². The zero-order valence-electron chi connectivity index (χ0n) is 7.74. The van der Waals surface area contributed by atoms with Crippen molar-refractivity contribution in [3.8, 4) is 0 Å². The molecule has 0 aliphatic carbocycles. The topological polar surface area (TPSA) is 65.2 Å². The van der Waals surface area contributed by atoms with Crippen LogP contribution in [0.5, 0.6) is 0 Å². The molecule has 1 atom stereocenters. The summed E-state index contributed by atoms with van der Waals surface area (Å²) in [6.07, 6.45) is 0. The number of hydrogen-bond donors (Lipinski definition) is 1. The predicted molar refractivity (Wildman–Crippen MR) is 60.4 cm³/mol. The van der Waals surface area contributed by atoms with E-state index < -0.39 is 12.0 Å². The third-order valence-corrected chi connectivity index (χ3v) is 2.15. The molecule has 0 aromatic carbocycles. The molecular formula is C8H9Cl3N2O2. The second kappa shape index (κ2) is 6.12. The number of nitrogens with two attached hydrogens (primary N) is 1. The van der Waals surface area contributed by atoms with Crippen molar-refractivity contribution in [1.29, 1.82) is 0 Å². The number of halogens is 3. The Morgan fingerprint density at radius 3 is 2.60 bits per heavy atom. The number of nitrogens with zero attached hydrogens (tertiary/aromatic N) is 1. The first-order valence-electron chi connectivity index (χ1n) is 3.71. The van der Waals surface area contributed by atoms with Gasteiger partial charge in [0.05, 0.1) is 7.11 Å². The van der Waals surface area contributed by atoms with Crippen LogP contribution in [0.3, 0.4) is 0 Å². The van der Waals surface area contributed by atoms with E-state index in [4.69, 9.17) is 28.9 Å². The zero-order valence-corrected chi connectivity index (χ0v) is 10.1. The van der Waals surface area contributed by atoms with Gasteiger partial charge in [0.15, 0.2) is 0 Å². The van der Waals surface area contributed by atoms with Gasteiger partial charge in [-0.2, -0.15) is 0 Å². The highest BCUT2D eigenvalue weighted by molar-refractivity contribution is 6.33. The first-order valence-corrected chi connectivity index (χ1v) is 4.47. The number of aromatic nitrogens is 1. The van der Waals surface area contributed by atoms with Gasteiger partial charge in [0.25, 0.3) is 0 Å². The normalized spacial score (nSPS) is 11.5. The first kappa shape index (κ1) is 14.5. The molecule has 0 aliphatic heterocycles. The molecule has 0 radical (unpaired) electrons. The number of pyridine rings is 1. The van der Waals surface area contributed by atoms with Crippen molar-refractivity contribution in [1.82, 2.24) is 4.98 Å². The van der Waals surface area contributed by atoms with E-state index in [1.807, 2.05) is 0 Å². The molecule has 84 valence electrons. The predicted octanol–water partition coefficient (Wildman–Crippen LogP) is 1.98. The van der Waals surface area contributed by atoms with Gasteiger partial charge in [0.2, 0.25) is 0 Å². The summed E-state index contributed by atoms with van der Waals surface area (Å²) in [6.45, 7) is 0. The standard InChI is InChI=1S/C8H8Cl2N2O2.ClH/c1-14-8(13)6(11)4-2-3-5(9)12-7(4)10;/h2-3,6H,11H2,1H3;1H/t6-;/m1./s1. The van der Waals surface area contributed by atoms with Gasteiger partial charge in [0.1, 0.15) is 16.3 Å². The Morgan fingerprint density at radius 1 is 1.53 bits per heavy atom. The molecule has 4 nitrogen and oxygen atoms in total. The van der Waals surface area contributed by atoms with E-state index in [2.05, 4.69) is 9.72 Å². The van der Waals surface area contributed by atoms with Crippen LogP contribution in [0.2, 0.25) is 10.3 Å². The number of methoxy groups -OCH3 is 1. The van der Waals surface area contributed by atoms with Crippen LogP contribution < -0.4 is 5.73 Å². The highest BCUT2D eigenvalue weighted by Gasteiger charge is 2.19. The van der Waals surface area contributed by atoms with E-state index in [0.717, 1.165) is 0 Å². The van der Waals surface area contributed by atoms with E-state index in [9.17, 15) is 4.79 Å². The monoisotopic (exact) mass is 270 g/mol. The number of esters is 1. The van der Waals surface area contributed by atoms with Crippen LogP contribution in [-0.4, -0.2) is 18.1 Å². The fraction of sp³-hybridized carbons (Fsp3) is 0.250. The van der Waals surface area contributed by atoms with E-state index in [1.54, 1.807) is 6.07 Å². The summed E-state index contributed by atoms with van der Waals surface area (Å²) in [4.78, 5) is 14.8. The lowest BCUT2D eigenvalue weighted by atomic mass is 10.1. The molecule has 0 aliphatic rings. The van der Waals surface area contributed by atoms with E-state index >= 15 is 0 Å². The average Bonchev–Trinajstić information content (AvgIpc) is 2.15. The Morgan fingerprint density at radius 2 is 2.13 bits per heavy atom. The quantitative estimate of drug-likeness (QED) is 0.660. The van der Waals surface area contributed by atoms with Crippen molar-refractivity contribution in [2.24, 2.45) is 5.73 Å². The van der Waals surface area contributed by atoms with Crippen molar-refractivity contribution in [2.45, 2.75) is 6.04 Å². The molecule has 1 rings (SSSR count). The van der Waals surface area contributed by atoms with Gasteiger partial charge in [-0.1, -0.05) is 29.3 Å². The highest BCUT2D eigenvalue weighted by atomic mass is 35.5. The van der Waals surface area contributed by atoms with Crippen molar-refractivity contribution in [3.63, 3.8) is 0 Å². The third kappa shape index (κ3) is 3.50. The zero-order chi connectivity index (χ0) is 10.7. The summed E-state index contributed by atoms with van der Waals surface area (Å²) in [6, 6.07) is 2.11. The molecule has 7 heteroatoms. The lowest BCUT2D eigenvalue weighted by Gasteiger charge is -2.10. The second-order valence-corrected chi connectivity index (χ2v) is 3.26. The summed E-state index contributed by atoms with van der Waals surface area (Å²) in [5.41, 5.74) is 5.95. The fourth-order valence-electron chi connectivity index (χ4n) is 0.909. The van der Waals surface area contributed by atoms with Gasteiger partial charge in [0, 0.05) is 5.56 Å². The minimum Gasteiger partial charge on any atom is -0.468 e. The second-order valence-electron chi connectivity index (χ2n) is 2.51. The molecule has 1 heterocycles. The van der Waals surface area contributed by atoms with E-state index in [1.165, 1.54) is 13.2 Å². The summed E-state index contributed by atoms with van der Waals surface area (Å²) in [7, 11) is 1.25. The molecule has 0 saturated carbocycles. The molecule has 1 aromatic rings. The molecule has 1 aromatic heterocycles. The number of hydrogen-bond acceptors (Lipinski definition) is 4. The van der Waals surface area contributed by atoms with Gasteiger partial charge < -0.3 is 10.5 Å². The van der Waals surface area contributed by atoms with Crippen LogP contribution in [0.1, 0.15) is 11.6 Å². The number of ether oxygens (including phenoxy) is 1. The summed E-state index contributed by atoms with van der Waals surface area (Å²) in [5.74, 6) is -0.573. The van der Waals surface area contributed by atoms with Crippen molar-refractivity contribution >= 4 is 41.6 Å². The van der Waals surface area contributed by atoms with Crippen LogP contribution >= 0.6 is 35.6 Å². The summed E-state index contributed by atoms with van der Waals surface area (Å²) in [5, 5.41) is 0.353. The minimum absolute atomic E-state index is 0. The number of rotatable bonds is 2. The molecule has 0 amide bonds. The molecule has 2 N–H and O–H groups in total. The lowest BCUT2D eigenvalue weighted by molar-refractivity contribution is -0.142. The van der Waals surface area contributed by atoms with Crippen LogP contribution in [0.15, 0.2) is 12.1 Å². The number of carbonyl (C=O) groups is 1. The van der Waals surface area contributed by atoms with Crippen molar-refractivity contribution < 1.29 is 9.53 Å². The maximum Gasteiger partial charge on any atom is 0.327 e. The fourth-order valence-corrected chi connectivity index (χ4v) is 1.37. The lowest BCUT2D eigenvalue weighted by Crippen LogP contribution is -2.23. The van der Waals surface area contributed by atoms with Crippen molar-refractivity contribution in [3.05, 3.63) is 28.0 Å². The first-order chi connectivity index (χ1) is 6.56. The van der Waals surface area contributed by atoms with Gasteiger partial charge in [-0.25, -0.2) is 4.98 Å². The van der Waals surface area contributed by atoms with Crippen LogP contribution in [0.4, 0.5) is 0 Å². The highest BCUT2D eigenvalue weighted by Crippen LogP contribution is 2.22. The minimum atomic E-state index is -0.933. The van der Waals surface area contributed by atoms with E-state index in [-0.39, 0.29) is 22.7 Å². The molecular weight excluding hydrogens is 262 g/mol. The molecule has 0 saturated heterocycles. The van der Waals surface area contributed by atoms with E-state index in [0.29, 0.717) is 5.56 Å². The Hall–Kier alpha value is -0.550. The Kier molecular flexibility index (Phi) is 5.90. The molecule has 0 unspecified atom stereocenters. The van der Waals surface area contributed by atoms with Gasteiger partial charge in [-0.15, -0.1) is 12.4 Å². The Balaban J connectivity index is 0.00000196. The third-order valence-electron chi connectivity index (χ3n) is 1.63. The maximum atomic E-state index is 11.1. The summed E-state index contributed by atoms with van der Waals surface area (Å²) >= 11 is 11.3. The van der Waals surface area contributed by atoms with Gasteiger partial charge >= 0.3 is 5.97 Å². The number of carbonyl (C=O) groups excluding carboxylic acids is 1. The SMILES string of the molecule is COC(=O)[C@H](N)c1ccc(Cl)nc1Cl.Cl. The van der Waals surface area contributed by atoms with Crippen molar-refractivity contribution in [2.75, 3.05) is 7.11 Å². The maximum absolute atomic E-state index is 11.1. The molecule has 0 spiro atoms. The van der Waals surface area contributed by atoms with Crippen LogP contribution in [0, 0.1) is 0 Å². The Bertz CT molecular complexity index is 360. The largest absolute Gasteiger partial charge is 0.468 e.